The van der Waals surface area contributed by atoms with E-state index in [2.05, 4.69) is 4.98 Å². The van der Waals surface area contributed by atoms with Crippen LogP contribution < -0.4 is 5.73 Å². The molecule has 0 aliphatic rings. The van der Waals surface area contributed by atoms with E-state index in [9.17, 15) is 4.39 Å². The average molecular weight is 310 g/mol. The van der Waals surface area contributed by atoms with Crippen LogP contribution in [-0.2, 0) is 0 Å². The molecule has 0 saturated heterocycles. The summed E-state index contributed by atoms with van der Waals surface area (Å²) in [7, 11) is 0. The Morgan fingerprint density at radius 3 is 2.65 bits per heavy atom. The van der Waals surface area contributed by atoms with E-state index >= 15 is 0 Å². The molecule has 0 atom stereocenters. The van der Waals surface area contributed by atoms with Gasteiger partial charge in [0.25, 0.3) is 0 Å². The summed E-state index contributed by atoms with van der Waals surface area (Å²) in [4.78, 5) is 4.24. The van der Waals surface area contributed by atoms with Gasteiger partial charge in [-0.2, -0.15) is 0 Å². The molecule has 3 rings (SSSR count). The van der Waals surface area contributed by atoms with E-state index in [-0.39, 0.29) is 11.8 Å². The predicted octanol–water partition coefficient (Wildman–Crippen LogP) is 4.36. The Hall–Kier alpha value is -1.78. The van der Waals surface area contributed by atoms with Gasteiger partial charge in [0.15, 0.2) is 0 Å². The average Bonchev–Trinajstić information content (AvgIpc) is 2.69. The zero-order valence-corrected chi connectivity index (χ0v) is 12.0. The quantitative estimate of drug-likeness (QED) is 0.725. The van der Waals surface area contributed by atoms with E-state index in [1.165, 1.54) is 6.07 Å². The molecule has 0 fully saturated rings. The number of nitrogen functional groups attached to an aromatic ring is 1. The van der Waals surface area contributed by atoms with Crippen LogP contribution in [0.25, 0.3) is 16.7 Å². The zero-order valence-electron chi connectivity index (χ0n) is 10.5. The number of benzene rings is 2. The van der Waals surface area contributed by atoms with Crippen LogP contribution in [0.15, 0.2) is 30.3 Å². The molecule has 1 heterocycles. The highest BCUT2D eigenvalue weighted by atomic mass is 35.5. The molecule has 0 bridgehead atoms. The molecule has 1 aromatic heterocycles. The topological polar surface area (TPSA) is 43.8 Å². The molecule has 3 aromatic rings. The van der Waals surface area contributed by atoms with Crippen LogP contribution in [-0.4, -0.2) is 9.55 Å². The van der Waals surface area contributed by atoms with Crippen molar-refractivity contribution in [2.75, 3.05) is 5.73 Å². The fourth-order valence-corrected chi connectivity index (χ4v) is 2.50. The van der Waals surface area contributed by atoms with Crippen molar-refractivity contribution in [3.8, 4) is 5.69 Å². The van der Waals surface area contributed by atoms with Gasteiger partial charge >= 0.3 is 0 Å². The Balaban J connectivity index is 2.39. The molecule has 102 valence electrons. The molecular weight excluding hydrogens is 300 g/mol. The van der Waals surface area contributed by atoms with Gasteiger partial charge in [0.1, 0.15) is 5.82 Å². The Bertz CT molecular complexity index is 827. The Labute approximate surface area is 124 Å². The largest absolute Gasteiger partial charge is 0.369 e. The van der Waals surface area contributed by atoms with Crippen LogP contribution in [0, 0.1) is 12.7 Å². The number of anilines is 1. The number of halogens is 3. The fraction of sp³-hybridized carbons (Fsp3) is 0.0714. The Morgan fingerprint density at radius 2 is 1.90 bits per heavy atom. The Kier molecular flexibility index (Phi) is 3.07. The highest BCUT2D eigenvalue weighted by molar-refractivity contribution is 6.42. The van der Waals surface area contributed by atoms with Crippen LogP contribution >= 0.6 is 23.2 Å². The molecular formula is C14H10Cl2FN3. The van der Waals surface area contributed by atoms with Crippen molar-refractivity contribution in [3.05, 3.63) is 51.8 Å². The van der Waals surface area contributed by atoms with Gasteiger partial charge in [-0.25, -0.2) is 9.37 Å². The number of hydrogen-bond donors (Lipinski definition) is 1. The van der Waals surface area contributed by atoms with Crippen LogP contribution in [0.5, 0.6) is 0 Å². The number of nitrogens with two attached hydrogens (primary N) is 1. The van der Waals surface area contributed by atoms with E-state index in [1.807, 2.05) is 0 Å². The number of nitrogens with zero attached hydrogens (tertiary/aromatic N) is 2. The minimum absolute atomic E-state index is 0.257. The third-order valence-electron chi connectivity index (χ3n) is 3.20. The van der Waals surface area contributed by atoms with Crippen molar-refractivity contribution >= 4 is 40.2 Å². The van der Waals surface area contributed by atoms with Gasteiger partial charge in [0.05, 0.1) is 26.8 Å². The van der Waals surface area contributed by atoms with Gasteiger partial charge in [0, 0.05) is 5.56 Å². The maximum absolute atomic E-state index is 13.7. The van der Waals surface area contributed by atoms with E-state index < -0.39 is 0 Å². The monoisotopic (exact) mass is 309 g/mol. The molecule has 2 aromatic carbocycles. The number of rotatable bonds is 1. The third-order valence-corrected chi connectivity index (χ3v) is 3.92. The molecule has 0 radical (unpaired) electrons. The molecule has 6 heteroatoms. The third kappa shape index (κ3) is 1.92. The second kappa shape index (κ2) is 4.65. The zero-order chi connectivity index (χ0) is 14.4. The summed E-state index contributed by atoms with van der Waals surface area (Å²) in [5.41, 5.74) is 8.36. The summed E-state index contributed by atoms with van der Waals surface area (Å²) >= 11 is 12.0. The van der Waals surface area contributed by atoms with Gasteiger partial charge in [-0.05, 0) is 31.2 Å². The summed E-state index contributed by atoms with van der Waals surface area (Å²) in [6.45, 7) is 1.69. The normalized spacial score (nSPS) is 11.2. The first-order valence-electron chi connectivity index (χ1n) is 5.87. The van der Waals surface area contributed by atoms with Gasteiger partial charge in [0.2, 0.25) is 5.95 Å². The van der Waals surface area contributed by atoms with Crippen molar-refractivity contribution in [2.24, 2.45) is 0 Å². The molecule has 0 amide bonds. The van der Waals surface area contributed by atoms with Crippen LogP contribution in [0.4, 0.5) is 10.3 Å². The van der Waals surface area contributed by atoms with Crippen molar-refractivity contribution < 1.29 is 4.39 Å². The molecule has 0 unspecified atom stereocenters. The van der Waals surface area contributed by atoms with Crippen molar-refractivity contribution in [2.45, 2.75) is 6.92 Å². The van der Waals surface area contributed by atoms with Crippen molar-refractivity contribution in [1.82, 2.24) is 9.55 Å². The van der Waals surface area contributed by atoms with Gasteiger partial charge < -0.3 is 5.73 Å². The molecule has 2 N–H and O–H groups in total. The summed E-state index contributed by atoms with van der Waals surface area (Å²) in [5.74, 6) is -0.0455. The number of fused-ring (bicyclic) bond motifs is 1. The standard InChI is InChI=1S/C14H10Cl2FN3/c1-7-10(17)3-2-4-12(7)20-13-6-9(16)8(15)5-11(13)19-14(20)18/h2-6H,1H3,(H2,18,19). The first-order chi connectivity index (χ1) is 9.49. The number of aromatic nitrogens is 2. The van der Waals surface area contributed by atoms with E-state index in [0.717, 1.165) is 0 Å². The Morgan fingerprint density at radius 1 is 1.20 bits per heavy atom. The maximum Gasteiger partial charge on any atom is 0.205 e. The van der Waals surface area contributed by atoms with E-state index in [4.69, 9.17) is 28.9 Å². The fourth-order valence-electron chi connectivity index (χ4n) is 2.18. The lowest BCUT2D eigenvalue weighted by Gasteiger charge is -2.10. The summed E-state index contributed by atoms with van der Waals surface area (Å²) < 4.78 is 15.4. The SMILES string of the molecule is Cc1c(F)cccc1-n1c(N)nc2cc(Cl)c(Cl)cc21. The second-order valence-corrected chi connectivity index (χ2v) is 5.26. The lowest BCUT2D eigenvalue weighted by Crippen LogP contribution is -2.03. The molecule has 20 heavy (non-hydrogen) atoms. The molecule has 0 saturated carbocycles. The highest BCUT2D eigenvalue weighted by Crippen LogP contribution is 2.32. The minimum atomic E-state index is -0.302. The minimum Gasteiger partial charge on any atom is -0.369 e. The smallest absolute Gasteiger partial charge is 0.205 e. The molecule has 0 aliphatic heterocycles. The lowest BCUT2D eigenvalue weighted by molar-refractivity contribution is 0.617. The second-order valence-electron chi connectivity index (χ2n) is 4.44. The van der Waals surface area contributed by atoms with Gasteiger partial charge in [-0.1, -0.05) is 29.3 Å². The van der Waals surface area contributed by atoms with Crippen molar-refractivity contribution in [3.63, 3.8) is 0 Å². The van der Waals surface area contributed by atoms with Gasteiger partial charge in [-0.15, -0.1) is 0 Å². The first-order valence-corrected chi connectivity index (χ1v) is 6.63. The van der Waals surface area contributed by atoms with E-state index in [1.54, 1.807) is 35.8 Å². The van der Waals surface area contributed by atoms with Crippen LogP contribution in [0.3, 0.4) is 0 Å². The van der Waals surface area contributed by atoms with Crippen LogP contribution in [0.2, 0.25) is 10.0 Å². The van der Waals surface area contributed by atoms with Crippen LogP contribution in [0.1, 0.15) is 5.56 Å². The van der Waals surface area contributed by atoms with E-state index in [0.29, 0.717) is 32.3 Å². The van der Waals surface area contributed by atoms with Crippen molar-refractivity contribution in [1.29, 1.82) is 0 Å². The maximum atomic E-state index is 13.7. The van der Waals surface area contributed by atoms with Gasteiger partial charge in [-0.3, -0.25) is 4.57 Å². The first kappa shape index (κ1) is 13.2. The molecule has 0 aliphatic carbocycles. The molecule has 0 spiro atoms. The lowest BCUT2D eigenvalue weighted by atomic mass is 10.2. The number of hydrogen-bond acceptors (Lipinski definition) is 2. The number of imidazole rings is 1. The predicted molar refractivity (Wildman–Crippen MR) is 80.2 cm³/mol. The summed E-state index contributed by atoms with van der Waals surface area (Å²) in [5, 5.41) is 0.800. The summed E-state index contributed by atoms with van der Waals surface area (Å²) in [6.07, 6.45) is 0. The molecule has 3 nitrogen and oxygen atoms in total. The highest BCUT2D eigenvalue weighted by Gasteiger charge is 2.15. The summed E-state index contributed by atoms with van der Waals surface area (Å²) in [6, 6.07) is 8.12.